The highest BCUT2D eigenvalue weighted by molar-refractivity contribution is 9.10. The van der Waals surface area contributed by atoms with Crippen LogP contribution in [0.15, 0.2) is 41.0 Å². The molecule has 1 aromatic heterocycles. The molecule has 0 unspecified atom stereocenters. The van der Waals surface area contributed by atoms with Gasteiger partial charge in [0, 0.05) is 0 Å². The van der Waals surface area contributed by atoms with E-state index >= 15 is 0 Å². The summed E-state index contributed by atoms with van der Waals surface area (Å²) in [6.07, 6.45) is 1.60. The molecule has 0 fully saturated rings. The summed E-state index contributed by atoms with van der Waals surface area (Å²) >= 11 is 3.43. The first-order chi connectivity index (χ1) is 9.22. The van der Waals surface area contributed by atoms with Gasteiger partial charge >= 0.3 is 0 Å². The summed E-state index contributed by atoms with van der Waals surface area (Å²) in [6, 6.07) is 9.31. The molecule has 0 amide bonds. The highest BCUT2D eigenvalue weighted by Crippen LogP contribution is 2.26. The molecule has 100 valence electrons. The molecule has 1 heterocycles. The minimum absolute atomic E-state index is 0.0638. The number of rotatable bonds is 5. The molecule has 0 aliphatic rings. The van der Waals surface area contributed by atoms with Gasteiger partial charge < -0.3 is 14.6 Å². The zero-order chi connectivity index (χ0) is 13.7. The first-order valence-corrected chi connectivity index (χ1v) is 6.53. The predicted molar refractivity (Wildman–Crippen MR) is 75.2 cm³/mol. The number of aliphatic hydroxyl groups excluding tert-OH is 1. The van der Waals surface area contributed by atoms with Crippen molar-refractivity contribution in [3.63, 3.8) is 0 Å². The van der Waals surface area contributed by atoms with Crippen molar-refractivity contribution >= 4 is 15.9 Å². The van der Waals surface area contributed by atoms with Crippen LogP contribution < -0.4 is 9.47 Å². The van der Waals surface area contributed by atoms with E-state index in [1.807, 2.05) is 18.2 Å². The molecule has 0 aliphatic carbocycles. The van der Waals surface area contributed by atoms with Gasteiger partial charge in [-0.3, -0.25) is 4.98 Å². The summed E-state index contributed by atoms with van der Waals surface area (Å²) in [6.45, 7) is 0.383. The molecule has 0 bridgehead atoms. The van der Waals surface area contributed by atoms with E-state index in [2.05, 4.69) is 20.9 Å². The number of nitrogens with zero attached hydrogens (tertiary/aromatic N) is 1. The van der Waals surface area contributed by atoms with Gasteiger partial charge in [-0.1, -0.05) is 6.07 Å². The number of halogens is 1. The number of pyridine rings is 1. The van der Waals surface area contributed by atoms with E-state index in [1.54, 1.807) is 25.4 Å². The highest BCUT2D eigenvalue weighted by atomic mass is 79.9. The first kappa shape index (κ1) is 13.8. The lowest BCUT2D eigenvalue weighted by Gasteiger charge is -2.08. The molecule has 2 rings (SSSR count). The van der Waals surface area contributed by atoms with Crippen LogP contribution >= 0.6 is 15.9 Å². The van der Waals surface area contributed by atoms with Gasteiger partial charge in [-0.2, -0.15) is 0 Å². The Kier molecular flexibility index (Phi) is 4.76. The minimum Gasteiger partial charge on any atom is -0.496 e. The lowest BCUT2D eigenvalue weighted by atomic mass is 10.2. The lowest BCUT2D eigenvalue weighted by Crippen LogP contribution is -1.97. The number of benzene rings is 1. The Hall–Kier alpha value is -1.59. The van der Waals surface area contributed by atoms with E-state index in [0.29, 0.717) is 18.1 Å². The third-order valence-electron chi connectivity index (χ3n) is 2.58. The average Bonchev–Trinajstić information content (AvgIpc) is 2.46. The Morgan fingerprint density at radius 2 is 2.11 bits per heavy atom. The van der Waals surface area contributed by atoms with Crippen LogP contribution in [0.2, 0.25) is 0 Å². The Bertz CT molecular complexity index is 543. The van der Waals surface area contributed by atoms with Crippen molar-refractivity contribution in [1.29, 1.82) is 0 Å². The summed E-state index contributed by atoms with van der Waals surface area (Å²) in [7, 11) is 1.63. The van der Waals surface area contributed by atoms with Crippen LogP contribution in [0.1, 0.15) is 11.3 Å². The molecule has 1 aromatic carbocycles. The predicted octanol–water partition coefficient (Wildman–Crippen LogP) is 2.92. The molecular formula is C14H14BrNO3. The topological polar surface area (TPSA) is 51.6 Å². The van der Waals surface area contributed by atoms with Gasteiger partial charge in [0.2, 0.25) is 0 Å². The second-order valence-corrected chi connectivity index (χ2v) is 4.76. The van der Waals surface area contributed by atoms with Crippen molar-refractivity contribution in [3.05, 3.63) is 52.3 Å². The first-order valence-electron chi connectivity index (χ1n) is 5.74. The van der Waals surface area contributed by atoms with Crippen LogP contribution in [-0.2, 0) is 13.2 Å². The number of hydrogen-bond acceptors (Lipinski definition) is 4. The average molecular weight is 324 g/mol. The maximum Gasteiger partial charge on any atom is 0.138 e. The van der Waals surface area contributed by atoms with Crippen molar-refractivity contribution in [2.75, 3.05) is 7.11 Å². The molecule has 0 saturated carbocycles. The van der Waals surface area contributed by atoms with Gasteiger partial charge in [0.15, 0.2) is 0 Å². The molecule has 19 heavy (non-hydrogen) atoms. The Labute approximate surface area is 120 Å². The smallest absolute Gasteiger partial charge is 0.138 e. The number of hydrogen-bond donors (Lipinski definition) is 1. The Morgan fingerprint density at radius 1 is 1.26 bits per heavy atom. The number of aromatic nitrogens is 1. The molecule has 0 spiro atoms. The second-order valence-electron chi connectivity index (χ2n) is 3.90. The van der Waals surface area contributed by atoms with Crippen LogP contribution in [0.5, 0.6) is 11.5 Å². The van der Waals surface area contributed by atoms with E-state index in [9.17, 15) is 0 Å². The molecule has 5 heteroatoms. The maximum atomic E-state index is 8.90. The fourth-order valence-electron chi connectivity index (χ4n) is 1.56. The van der Waals surface area contributed by atoms with Crippen LogP contribution in [0.25, 0.3) is 0 Å². The number of methoxy groups -OCH3 is 1. The standard InChI is InChI=1S/C14H14BrNO3/c1-18-14-5-2-10(6-13(14)15)9-19-12-4-3-11(8-17)16-7-12/h2-7,17H,8-9H2,1H3. The molecule has 1 N–H and O–H groups in total. The number of aliphatic hydroxyl groups is 1. The number of ether oxygens (including phenoxy) is 2. The van der Waals surface area contributed by atoms with Crippen molar-refractivity contribution in [2.45, 2.75) is 13.2 Å². The van der Waals surface area contributed by atoms with Crippen LogP contribution in [0, 0.1) is 0 Å². The van der Waals surface area contributed by atoms with Crippen molar-refractivity contribution < 1.29 is 14.6 Å². The third-order valence-corrected chi connectivity index (χ3v) is 3.20. The summed E-state index contributed by atoms with van der Waals surface area (Å²) in [5.41, 5.74) is 1.65. The van der Waals surface area contributed by atoms with E-state index in [-0.39, 0.29) is 6.61 Å². The van der Waals surface area contributed by atoms with Gasteiger partial charge in [0.1, 0.15) is 18.1 Å². The Morgan fingerprint density at radius 3 is 2.68 bits per heavy atom. The van der Waals surface area contributed by atoms with E-state index in [4.69, 9.17) is 14.6 Å². The van der Waals surface area contributed by atoms with E-state index in [1.165, 1.54) is 0 Å². The SMILES string of the molecule is COc1ccc(COc2ccc(CO)nc2)cc1Br. The van der Waals surface area contributed by atoms with Gasteiger partial charge in [-0.05, 0) is 45.8 Å². The molecule has 0 saturated heterocycles. The molecule has 4 nitrogen and oxygen atoms in total. The Balaban J connectivity index is 1.99. The molecule has 0 aliphatic heterocycles. The summed E-state index contributed by atoms with van der Waals surface area (Å²) in [5.74, 6) is 1.46. The minimum atomic E-state index is -0.0638. The normalized spacial score (nSPS) is 10.3. The van der Waals surface area contributed by atoms with Crippen molar-refractivity contribution in [1.82, 2.24) is 4.98 Å². The fraction of sp³-hybridized carbons (Fsp3) is 0.214. The quantitative estimate of drug-likeness (QED) is 0.919. The van der Waals surface area contributed by atoms with Gasteiger partial charge in [-0.25, -0.2) is 0 Å². The summed E-state index contributed by atoms with van der Waals surface area (Å²) < 4.78 is 11.7. The van der Waals surface area contributed by atoms with Crippen LogP contribution in [0.4, 0.5) is 0 Å². The van der Waals surface area contributed by atoms with Crippen molar-refractivity contribution in [3.8, 4) is 11.5 Å². The largest absolute Gasteiger partial charge is 0.496 e. The van der Waals surface area contributed by atoms with Crippen LogP contribution in [0.3, 0.4) is 0 Å². The lowest BCUT2D eigenvalue weighted by molar-refractivity contribution is 0.275. The molecule has 0 atom stereocenters. The zero-order valence-corrected chi connectivity index (χ0v) is 12.1. The highest BCUT2D eigenvalue weighted by Gasteiger charge is 2.02. The molecule has 2 aromatic rings. The summed E-state index contributed by atoms with van der Waals surface area (Å²) in [4.78, 5) is 4.05. The zero-order valence-electron chi connectivity index (χ0n) is 10.5. The fourth-order valence-corrected chi connectivity index (χ4v) is 2.14. The van der Waals surface area contributed by atoms with E-state index < -0.39 is 0 Å². The van der Waals surface area contributed by atoms with Crippen molar-refractivity contribution in [2.24, 2.45) is 0 Å². The second kappa shape index (κ2) is 6.54. The monoisotopic (exact) mass is 323 g/mol. The van der Waals surface area contributed by atoms with Gasteiger partial charge in [-0.15, -0.1) is 0 Å². The van der Waals surface area contributed by atoms with Crippen LogP contribution in [-0.4, -0.2) is 17.2 Å². The van der Waals surface area contributed by atoms with Gasteiger partial charge in [0.25, 0.3) is 0 Å². The molecule has 0 radical (unpaired) electrons. The third kappa shape index (κ3) is 3.68. The maximum absolute atomic E-state index is 8.90. The summed E-state index contributed by atoms with van der Waals surface area (Å²) in [5, 5.41) is 8.90. The van der Waals surface area contributed by atoms with Gasteiger partial charge in [0.05, 0.1) is 30.1 Å². The van der Waals surface area contributed by atoms with E-state index in [0.717, 1.165) is 15.8 Å². The molecular weight excluding hydrogens is 310 g/mol.